The van der Waals surface area contributed by atoms with Crippen molar-refractivity contribution in [3.05, 3.63) is 11.7 Å². The number of ether oxygens (including phenoxy) is 4. The molecule has 120 valence electrons. The van der Waals surface area contributed by atoms with Crippen molar-refractivity contribution in [2.24, 2.45) is 0 Å². The molecule has 0 aromatic carbocycles. The standard InChI is InChI=1S/C11H16O8S2/c1-2-16-10(15)9(18-7(13)5-20)11(17-4-3-12)19-8(14)6-21/h12,20-21H,2-6H2,1H3. The van der Waals surface area contributed by atoms with Crippen LogP contribution in [0.3, 0.4) is 0 Å². The summed E-state index contributed by atoms with van der Waals surface area (Å²) in [5.74, 6) is -4.84. The molecule has 0 aliphatic carbocycles. The minimum absolute atomic E-state index is 0.00540. The zero-order valence-electron chi connectivity index (χ0n) is 11.2. The molecule has 1 N–H and O–H groups in total. The van der Waals surface area contributed by atoms with E-state index in [0.717, 1.165) is 0 Å². The highest BCUT2D eigenvalue weighted by molar-refractivity contribution is 7.81. The molecule has 0 rings (SSSR count). The van der Waals surface area contributed by atoms with Crippen LogP contribution < -0.4 is 0 Å². The van der Waals surface area contributed by atoms with Crippen molar-refractivity contribution >= 4 is 43.2 Å². The van der Waals surface area contributed by atoms with Gasteiger partial charge in [-0.05, 0) is 6.92 Å². The van der Waals surface area contributed by atoms with Crippen molar-refractivity contribution in [2.45, 2.75) is 6.92 Å². The van der Waals surface area contributed by atoms with Gasteiger partial charge in [0.15, 0.2) is 0 Å². The first-order valence-corrected chi connectivity index (χ1v) is 7.04. The first-order valence-electron chi connectivity index (χ1n) is 5.78. The van der Waals surface area contributed by atoms with Gasteiger partial charge in [-0.25, -0.2) is 4.79 Å². The highest BCUT2D eigenvalue weighted by atomic mass is 32.1. The van der Waals surface area contributed by atoms with Gasteiger partial charge >= 0.3 is 23.9 Å². The largest absolute Gasteiger partial charge is 0.460 e. The van der Waals surface area contributed by atoms with Gasteiger partial charge in [-0.2, -0.15) is 25.3 Å². The molecular weight excluding hydrogens is 324 g/mol. The maximum absolute atomic E-state index is 11.7. The maximum Gasteiger partial charge on any atom is 0.382 e. The smallest absolute Gasteiger partial charge is 0.382 e. The lowest BCUT2D eigenvalue weighted by Crippen LogP contribution is -2.21. The van der Waals surface area contributed by atoms with Gasteiger partial charge in [0.2, 0.25) is 0 Å². The lowest BCUT2D eigenvalue weighted by Gasteiger charge is -2.13. The molecule has 0 bridgehead atoms. The lowest BCUT2D eigenvalue weighted by atomic mass is 10.5. The van der Waals surface area contributed by atoms with Crippen LogP contribution in [0, 0.1) is 0 Å². The molecule has 8 nitrogen and oxygen atoms in total. The van der Waals surface area contributed by atoms with Crippen LogP contribution >= 0.6 is 25.3 Å². The van der Waals surface area contributed by atoms with Crippen LogP contribution in [0.4, 0.5) is 0 Å². The van der Waals surface area contributed by atoms with Gasteiger partial charge < -0.3 is 24.1 Å². The van der Waals surface area contributed by atoms with Gasteiger partial charge in [0.05, 0.1) is 24.7 Å². The number of aliphatic hydroxyl groups is 1. The number of hydrogen-bond acceptors (Lipinski definition) is 10. The molecule has 0 fully saturated rings. The molecule has 0 amide bonds. The second-order valence-corrected chi connectivity index (χ2v) is 3.81. The van der Waals surface area contributed by atoms with Crippen molar-refractivity contribution in [1.82, 2.24) is 0 Å². The Balaban J connectivity index is 5.44. The molecule has 0 spiro atoms. The van der Waals surface area contributed by atoms with Crippen LogP contribution in [0.2, 0.25) is 0 Å². The summed E-state index contributed by atoms with van der Waals surface area (Å²) in [5, 5.41) is 8.72. The fraction of sp³-hybridized carbons (Fsp3) is 0.545. The summed E-state index contributed by atoms with van der Waals surface area (Å²) in [6.07, 6.45) is 0. The van der Waals surface area contributed by atoms with Crippen LogP contribution in [0.15, 0.2) is 11.7 Å². The monoisotopic (exact) mass is 340 g/mol. The van der Waals surface area contributed by atoms with Crippen molar-refractivity contribution in [3.63, 3.8) is 0 Å². The SMILES string of the molecule is CCOC(=O)C(OC(=O)CS)=C(OCCO)OC(=O)CS. The van der Waals surface area contributed by atoms with E-state index in [0.29, 0.717) is 0 Å². The van der Waals surface area contributed by atoms with E-state index in [-0.39, 0.29) is 24.7 Å². The van der Waals surface area contributed by atoms with E-state index in [9.17, 15) is 14.4 Å². The summed E-state index contributed by atoms with van der Waals surface area (Å²) in [5.41, 5.74) is 0. The number of rotatable bonds is 9. The van der Waals surface area contributed by atoms with Gasteiger partial charge in [0.1, 0.15) is 6.61 Å². The summed E-state index contributed by atoms with van der Waals surface area (Å²) >= 11 is 7.38. The number of esters is 3. The first kappa shape index (κ1) is 19.6. The van der Waals surface area contributed by atoms with E-state index < -0.39 is 36.2 Å². The molecule has 0 unspecified atom stereocenters. The Hall–Kier alpha value is -1.39. The summed E-state index contributed by atoms with van der Waals surface area (Å²) in [7, 11) is 0. The molecule has 0 atom stereocenters. The molecule has 0 heterocycles. The molecule has 10 heteroatoms. The van der Waals surface area contributed by atoms with Gasteiger partial charge in [0.25, 0.3) is 5.76 Å². The Bertz CT molecular complexity index is 407. The van der Waals surface area contributed by atoms with Crippen LogP contribution in [-0.2, 0) is 33.3 Å². The van der Waals surface area contributed by atoms with Gasteiger partial charge in [0, 0.05) is 0 Å². The number of carbonyl (C=O) groups excluding carboxylic acids is 3. The van der Waals surface area contributed by atoms with Crippen LogP contribution in [0.5, 0.6) is 0 Å². The minimum Gasteiger partial charge on any atom is -0.460 e. The van der Waals surface area contributed by atoms with Crippen molar-refractivity contribution in [2.75, 3.05) is 31.3 Å². The average molecular weight is 340 g/mol. The van der Waals surface area contributed by atoms with Crippen LogP contribution in [0.25, 0.3) is 0 Å². The van der Waals surface area contributed by atoms with E-state index in [1.54, 1.807) is 0 Å². The van der Waals surface area contributed by atoms with E-state index in [4.69, 9.17) is 19.3 Å². The van der Waals surface area contributed by atoms with Crippen LogP contribution in [-0.4, -0.2) is 54.3 Å². The molecule has 0 aromatic rings. The Morgan fingerprint density at radius 2 is 1.57 bits per heavy atom. The predicted molar refractivity (Wildman–Crippen MR) is 76.6 cm³/mol. The van der Waals surface area contributed by atoms with Crippen molar-refractivity contribution < 1.29 is 38.4 Å². The van der Waals surface area contributed by atoms with Gasteiger partial charge in [-0.3, -0.25) is 9.59 Å². The maximum atomic E-state index is 11.7. The average Bonchev–Trinajstić information content (AvgIpc) is 2.48. The summed E-state index contributed by atoms with van der Waals surface area (Å²) in [4.78, 5) is 34.2. The third-order valence-electron chi connectivity index (χ3n) is 1.65. The first-order chi connectivity index (χ1) is 9.99. The quantitative estimate of drug-likeness (QED) is 0.172. The number of carbonyl (C=O) groups is 3. The van der Waals surface area contributed by atoms with Gasteiger partial charge in [-0.1, -0.05) is 0 Å². The van der Waals surface area contributed by atoms with E-state index >= 15 is 0 Å². The van der Waals surface area contributed by atoms with Crippen LogP contribution in [0.1, 0.15) is 6.92 Å². The second kappa shape index (κ2) is 11.3. The third kappa shape index (κ3) is 7.83. The zero-order valence-corrected chi connectivity index (χ0v) is 13.0. The molecule has 21 heavy (non-hydrogen) atoms. The molecule has 0 aliphatic heterocycles. The lowest BCUT2D eigenvalue weighted by molar-refractivity contribution is -0.154. The number of thiol groups is 2. The Labute approximate surface area is 132 Å². The zero-order chi connectivity index (χ0) is 16.3. The van der Waals surface area contributed by atoms with E-state index in [1.807, 2.05) is 0 Å². The van der Waals surface area contributed by atoms with Gasteiger partial charge in [-0.15, -0.1) is 0 Å². The molecular formula is C11H16O8S2. The Kier molecular flexibility index (Phi) is 10.5. The highest BCUT2D eigenvalue weighted by Gasteiger charge is 2.26. The molecule has 0 radical (unpaired) electrons. The minimum atomic E-state index is -1.06. The Morgan fingerprint density at radius 3 is 2.05 bits per heavy atom. The number of hydrogen-bond donors (Lipinski definition) is 3. The third-order valence-corrected chi connectivity index (χ3v) is 2.17. The molecule has 0 saturated carbocycles. The molecule has 0 aromatic heterocycles. The van der Waals surface area contributed by atoms with Crippen molar-refractivity contribution in [3.8, 4) is 0 Å². The normalized spacial score (nSPS) is 11.2. The predicted octanol–water partition coefficient (Wildman–Crippen LogP) is -0.327. The van der Waals surface area contributed by atoms with E-state index in [2.05, 4.69) is 30.0 Å². The van der Waals surface area contributed by atoms with E-state index in [1.165, 1.54) is 6.92 Å². The number of aliphatic hydroxyl groups excluding tert-OH is 1. The fourth-order valence-electron chi connectivity index (χ4n) is 0.925. The molecule has 0 saturated heterocycles. The Morgan fingerprint density at radius 1 is 1.00 bits per heavy atom. The second-order valence-electron chi connectivity index (χ2n) is 3.17. The topological polar surface area (TPSA) is 108 Å². The highest BCUT2D eigenvalue weighted by Crippen LogP contribution is 2.14. The summed E-state index contributed by atoms with van der Waals surface area (Å²) in [6.45, 7) is 0.813. The summed E-state index contributed by atoms with van der Waals surface area (Å²) in [6, 6.07) is 0. The van der Waals surface area contributed by atoms with Crippen molar-refractivity contribution in [1.29, 1.82) is 0 Å². The fourth-order valence-corrected chi connectivity index (χ4v) is 1.05. The molecule has 0 aliphatic rings. The summed E-state index contributed by atoms with van der Waals surface area (Å²) < 4.78 is 19.0.